The van der Waals surface area contributed by atoms with Crippen molar-refractivity contribution in [3.8, 4) is 0 Å². The van der Waals surface area contributed by atoms with Crippen LogP contribution in [-0.4, -0.2) is 48.0 Å². The van der Waals surface area contributed by atoms with Crippen molar-refractivity contribution in [1.82, 2.24) is 9.88 Å². The highest BCUT2D eigenvalue weighted by Crippen LogP contribution is 2.31. The van der Waals surface area contributed by atoms with Gasteiger partial charge in [0.25, 0.3) is 5.91 Å². The summed E-state index contributed by atoms with van der Waals surface area (Å²) in [5.74, 6) is 0.0877. The van der Waals surface area contributed by atoms with Crippen LogP contribution in [0.5, 0.6) is 0 Å². The Balaban J connectivity index is 1.43. The Morgan fingerprint density at radius 1 is 1.21 bits per heavy atom. The smallest absolute Gasteiger partial charge is 0.260 e. The number of carbonyl (C=O) groups is 1. The molecule has 7 heteroatoms. The summed E-state index contributed by atoms with van der Waals surface area (Å²) in [4.78, 5) is 22.2. The van der Waals surface area contributed by atoms with Gasteiger partial charge in [0.2, 0.25) is 0 Å². The predicted octanol–water partition coefficient (Wildman–Crippen LogP) is 3.67. The number of rotatable bonds is 5. The van der Waals surface area contributed by atoms with E-state index >= 15 is 0 Å². The fraction of sp³-hybridized carbons (Fsp3) is 0.545. The molecule has 2 aromatic rings. The lowest BCUT2D eigenvalue weighted by Gasteiger charge is -2.41. The third-order valence-electron chi connectivity index (χ3n) is 6.13. The summed E-state index contributed by atoms with van der Waals surface area (Å²) < 4.78 is 13.2. The quantitative estimate of drug-likeness (QED) is 0.808. The molecule has 1 aromatic carbocycles. The number of hydrogen-bond donors (Lipinski definition) is 1. The number of aromatic nitrogens is 1. The van der Waals surface area contributed by atoms with E-state index in [-0.39, 0.29) is 5.82 Å². The van der Waals surface area contributed by atoms with Crippen LogP contribution in [0.2, 0.25) is 0 Å². The molecule has 29 heavy (non-hydrogen) atoms. The summed E-state index contributed by atoms with van der Waals surface area (Å²) >= 11 is 1.39. The molecular weight excluding hydrogens is 387 g/mol. The van der Waals surface area contributed by atoms with Crippen LogP contribution in [0.3, 0.4) is 0 Å². The van der Waals surface area contributed by atoms with Gasteiger partial charge in [-0.3, -0.25) is 9.69 Å². The number of nitrogens with two attached hydrogens (primary N) is 1. The standard InChI is InChI=1S/C22H29FN4OS/c1-15-3-2-10-27(14-15)18-8-11-26(12-9-18)22-25-19(20(29-22)21(24)28)13-16-4-6-17(23)7-5-16/h4-7,15,18H,2-3,8-14H2,1H3,(H2,24,28)/t15-/m1/s1. The molecule has 0 saturated carbocycles. The highest BCUT2D eigenvalue weighted by atomic mass is 32.1. The Hall–Kier alpha value is -1.99. The second kappa shape index (κ2) is 8.79. The van der Waals surface area contributed by atoms with Gasteiger partial charge in [-0.25, -0.2) is 9.37 Å². The first-order valence-electron chi connectivity index (χ1n) is 10.5. The van der Waals surface area contributed by atoms with E-state index in [9.17, 15) is 9.18 Å². The molecular formula is C22H29FN4OS. The second-order valence-electron chi connectivity index (χ2n) is 8.40. The minimum atomic E-state index is -0.442. The van der Waals surface area contributed by atoms with Crippen LogP contribution in [0.1, 0.15) is 53.5 Å². The number of carbonyl (C=O) groups excluding carboxylic acids is 1. The number of nitrogens with zero attached hydrogens (tertiary/aromatic N) is 3. The van der Waals surface area contributed by atoms with Crippen LogP contribution in [0, 0.1) is 11.7 Å². The molecule has 0 bridgehead atoms. The normalized spacial score (nSPS) is 21.4. The van der Waals surface area contributed by atoms with Crippen molar-refractivity contribution in [2.75, 3.05) is 31.1 Å². The zero-order chi connectivity index (χ0) is 20.4. The van der Waals surface area contributed by atoms with E-state index in [0.29, 0.717) is 23.0 Å². The maximum Gasteiger partial charge on any atom is 0.260 e. The van der Waals surface area contributed by atoms with E-state index in [1.54, 1.807) is 12.1 Å². The van der Waals surface area contributed by atoms with Crippen molar-refractivity contribution in [3.05, 3.63) is 46.2 Å². The van der Waals surface area contributed by atoms with E-state index in [4.69, 9.17) is 10.7 Å². The molecule has 1 aromatic heterocycles. The Labute approximate surface area is 175 Å². The first-order chi connectivity index (χ1) is 14.0. The van der Waals surface area contributed by atoms with Crippen LogP contribution in [0.4, 0.5) is 9.52 Å². The summed E-state index contributed by atoms with van der Waals surface area (Å²) in [6, 6.07) is 6.97. The number of thiazole rings is 1. The van der Waals surface area contributed by atoms with Crippen LogP contribution in [0.15, 0.2) is 24.3 Å². The van der Waals surface area contributed by atoms with E-state index in [0.717, 1.165) is 42.5 Å². The number of anilines is 1. The largest absolute Gasteiger partial charge is 0.365 e. The number of amides is 1. The van der Waals surface area contributed by atoms with Crippen molar-refractivity contribution in [2.24, 2.45) is 11.7 Å². The summed E-state index contributed by atoms with van der Waals surface area (Å²) in [6.45, 7) is 6.70. The summed E-state index contributed by atoms with van der Waals surface area (Å²) in [6.07, 6.45) is 5.40. The van der Waals surface area contributed by atoms with Gasteiger partial charge in [-0.15, -0.1) is 0 Å². The van der Waals surface area contributed by atoms with E-state index < -0.39 is 5.91 Å². The monoisotopic (exact) mass is 416 g/mol. The van der Waals surface area contributed by atoms with Gasteiger partial charge in [-0.05, 0) is 55.8 Å². The van der Waals surface area contributed by atoms with Crippen LogP contribution in [-0.2, 0) is 6.42 Å². The zero-order valence-corrected chi connectivity index (χ0v) is 17.8. The molecule has 2 aliphatic rings. The number of hydrogen-bond acceptors (Lipinski definition) is 5. The van der Waals surface area contributed by atoms with Gasteiger partial charge in [-0.2, -0.15) is 0 Å². The Kier molecular flexibility index (Phi) is 6.15. The highest BCUT2D eigenvalue weighted by Gasteiger charge is 2.29. The van der Waals surface area contributed by atoms with Crippen molar-refractivity contribution in [1.29, 1.82) is 0 Å². The Morgan fingerprint density at radius 3 is 2.59 bits per heavy atom. The first kappa shape index (κ1) is 20.3. The molecule has 1 atom stereocenters. The maximum atomic E-state index is 13.2. The van der Waals surface area contributed by atoms with Gasteiger partial charge < -0.3 is 10.6 Å². The van der Waals surface area contributed by atoms with Gasteiger partial charge in [0.15, 0.2) is 5.13 Å². The topological polar surface area (TPSA) is 62.5 Å². The molecule has 2 aliphatic heterocycles. The predicted molar refractivity (Wildman–Crippen MR) is 115 cm³/mol. The molecule has 0 radical (unpaired) electrons. The fourth-order valence-corrected chi connectivity index (χ4v) is 5.55. The molecule has 0 unspecified atom stereocenters. The van der Waals surface area contributed by atoms with E-state index in [2.05, 4.69) is 16.7 Å². The Bertz CT molecular complexity index is 845. The minimum absolute atomic E-state index is 0.270. The highest BCUT2D eigenvalue weighted by molar-refractivity contribution is 7.17. The lowest BCUT2D eigenvalue weighted by Crippen LogP contribution is -2.48. The number of primary amides is 1. The van der Waals surface area contributed by atoms with E-state index in [1.165, 1.54) is 49.4 Å². The second-order valence-corrected chi connectivity index (χ2v) is 9.38. The van der Waals surface area contributed by atoms with Gasteiger partial charge in [0.1, 0.15) is 10.7 Å². The van der Waals surface area contributed by atoms with Crippen LogP contribution >= 0.6 is 11.3 Å². The minimum Gasteiger partial charge on any atom is -0.365 e. The third kappa shape index (κ3) is 4.78. The number of piperidine rings is 2. The molecule has 2 saturated heterocycles. The van der Waals surface area contributed by atoms with Gasteiger partial charge in [0.05, 0.1) is 5.69 Å². The Morgan fingerprint density at radius 2 is 1.93 bits per heavy atom. The lowest BCUT2D eigenvalue weighted by molar-refractivity contribution is 0.100. The lowest BCUT2D eigenvalue weighted by atomic mass is 9.95. The van der Waals surface area contributed by atoms with Crippen LogP contribution < -0.4 is 10.6 Å². The molecule has 5 nitrogen and oxygen atoms in total. The summed E-state index contributed by atoms with van der Waals surface area (Å²) in [5, 5.41) is 0.876. The molecule has 3 heterocycles. The average Bonchev–Trinajstić information content (AvgIpc) is 3.14. The molecule has 4 rings (SSSR count). The van der Waals surface area contributed by atoms with Crippen molar-refractivity contribution >= 4 is 22.4 Å². The maximum absolute atomic E-state index is 13.2. The molecule has 1 amide bonds. The van der Waals surface area contributed by atoms with Gasteiger partial charge >= 0.3 is 0 Å². The van der Waals surface area contributed by atoms with E-state index in [1.807, 2.05) is 0 Å². The van der Waals surface area contributed by atoms with Crippen molar-refractivity contribution < 1.29 is 9.18 Å². The van der Waals surface area contributed by atoms with Gasteiger partial charge in [-0.1, -0.05) is 30.4 Å². The molecule has 0 spiro atoms. The zero-order valence-electron chi connectivity index (χ0n) is 16.9. The molecule has 0 aliphatic carbocycles. The summed E-state index contributed by atoms with van der Waals surface area (Å²) in [5.41, 5.74) is 7.22. The van der Waals surface area contributed by atoms with Crippen molar-refractivity contribution in [2.45, 2.75) is 45.1 Å². The number of likely N-dealkylation sites (tertiary alicyclic amines) is 1. The molecule has 156 valence electrons. The van der Waals surface area contributed by atoms with Gasteiger partial charge in [0, 0.05) is 32.1 Å². The molecule has 2 fully saturated rings. The SMILES string of the molecule is C[C@@H]1CCCN(C2CCN(c3nc(Cc4ccc(F)cc4)c(C(N)=O)s3)CC2)C1. The van der Waals surface area contributed by atoms with Crippen molar-refractivity contribution in [3.63, 3.8) is 0 Å². The fourth-order valence-electron chi connectivity index (χ4n) is 4.56. The third-order valence-corrected chi connectivity index (χ3v) is 7.31. The van der Waals surface area contributed by atoms with Crippen LogP contribution in [0.25, 0.3) is 0 Å². The number of halogens is 1. The average molecular weight is 417 g/mol. The number of benzene rings is 1. The molecule has 2 N–H and O–H groups in total. The summed E-state index contributed by atoms with van der Waals surface area (Å²) in [7, 11) is 0. The first-order valence-corrected chi connectivity index (χ1v) is 11.3.